The SMILES string of the molecule is C=Cc1c2[nH]c(c1C)C=C1N=C(C(CC(=O)OC)c3[nH]c(c(C)c3C(=O)NCCN=C(N)N)CC3=NC(C2)C(C)=C3CC)[C@@H](CCC(=O)OC)[C@@H]1C. The molecule has 0 saturated carbocycles. The molecular weight excluding hydrogens is 660 g/mol. The van der Waals surface area contributed by atoms with E-state index in [0.717, 1.165) is 51.6 Å². The number of allylic oxidation sites excluding steroid dienone is 2. The molecule has 5 rings (SSSR count). The highest BCUT2D eigenvalue weighted by Gasteiger charge is 2.41. The fraction of sp³-hybridized carbons (Fsp3) is 0.487. The van der Waals surface area contributed by atoms with E-state index in [2.05, 4.69) is 60.6 Å². The van der Waals surface area contributed by atoms with Crippen molar-refractivity contribution in [2.24, 2.45) is 38.3 Å². The molecule has 0 aliphatic carbocycles. The Hall–Kier alpha value is -5.20. The summed E-state index contributed by atoms with van der Waals surface area (Å²) >= 11 is 0. The fourth-order valence-electron chi connectivity index (χ4n) is 7.93. The largest absolute Gasteiger partial charge is 0.469 e. The summed E-state index contributed by atoms with van der Waals surface area (Å²) < 4.78 is 10.2. The molecule has 0 saturated heterocycles. The molecule has 278 valence electrons. The summed E-state index contributed by atoms with van der Waals surface area (Å²) in [5.41, 5.74) is 22.5. The molecule has 2 unspecified atom stereocenters. The quantitative estimate of drug-likeness (QED) is 0.0969. The highest BCUT2D eigenvalue weighted by atomic mass is 16.5. The molecule has 0 aromatic carbocycles. The third-order valence-electron chi connectivity index (χ3n) is 10.8. The number of H-pyrrole nitrogens is 2. The van der Waals surface area contributed by atoms with Crippen molar-refractivity contribution < 1.29 is 23.9 Å². The number of fused-ring (bicyclic) bond motifs is 6. The van der Waals surface area contributed by atoms with Gasteiger partial charge in [-0.3, -0.25) is 29.4 Å². The van der Waals surface area contributed by atoms with E-state index in [1.165, 1.54) is 25.4 Å². The summed E-state index contributed by atoms with van der Waals surface area (Å²) in [7, 11) is 2.72. The lowest BCUT2D eigenvalue weighted by molar-refractivity contribution is -0.141. The Morgan fingerprint density at radius 2 is 1.83 bits per heavy atom. The van der Waals surface area contributed by atoms with Gasteiger partial charge in [-0.05, 0) is 67.5 Å². The number of nitrogens with zero attached hydrogens (tertiary/aromatic N) is 3. The molecule has 5 heterocycles. The molecule has 0 fully saturated rings. The second-order valence-corrected chi connectivity index (χ2v) is 13.8. The molecule has 13 heteroatoms. The summed E-state index contributed by atoms with van der Waals surface area (Å²) in [6.07, 6.45) is 6.42. The monoisotopic (exact) mass is 712 g/mol. The van der Waals surface area contributed by atoms with E-state index in [0.29, 0.717) is 36.2 Å². The lowest BCUT2D eigenvalue weighted by Gasteiger charge is -2.24. The average molecular weight is 713 g/mol. The molecule has 1 amide bonds. The van der Waals surface area contributed by atoms with Gasteiger partial charge in [0.25, 0.3) is 5.91 Å². The highest BCUT2D eigenvalue weighted by molar-refractivity contribution is 6.06. The third-order valence-corrected chi connectivity index (χ3v) is 10.8. The predicted octanol–water partition coefficient (Wildman–Crippen LogP) is 4.60. The number of hydrogen-bond acceptors (Lipinski definition) is 8. The number of carbonyl (C=O) groups excluding carboxylic acids is 3. The maximum atomic E-state index is 14.1. The second-order valence-electron chi connectivity index (χ2n) is 13.8. The summed E-state index contributed by atoms with van der Waals surface area (Å²) in [4.78, 5) is 61.7. The Morgan fingerprint density at radius 1 is 1.10 bits per heavy atom. The Bertz CT molecular complexity index is 1920. The molecule has 0 radical (unpaired) electrons. The molecule has 2 aromatic heterocycles. The molecule has 13 nitrogen and oxygen atoms in total. The third kappa shape index (κ3) is 7.54. The number of guanidine groups is 1. The predicted molar refractivity (Wildman–Crippen MR) is 204 cm³/mol. The van der Waals surface area contributed by atoms with Gasteiger partial charge in [0.05, 0.1) is 38.8 Å². The number of carbonyl (C=O) groups is 3. The van der Waals surface area contributed by atoms with Gasteiger partial charge in [-0.15, -0.1) is 0 Å². The van der Waals surface area contributed by atoms with Crippen molar-refractivity contribution in [3.63, 3.8) is 0 Å². The maximum absolute atomic E-state index is 14.1. The van der Waals surface area contributed by atoms with Crippen molar-refractivity contribution >= 4 is 47.4 Å². The normalized spacial score (nSPS) is 20.9. The van der Waals surface area contributed by atoms with E-state index in [4.69, 9.17) is 30.9 Å². The van der Waals surface area contributed by atoms with Crippen LogP contribution in [-0.2, 0) is 31.9 Å². The van der Waals surface area contributed by atoms with E-state index in [-0.39, 0.29) is 61.6 Å². The van der Waals surface area contributed by atoms with Gasteiger partial charge in [0.1, 0.15) is 0 Å². The van der Waals surface area contributed by atoms with Crippen LogP contribution in [0.2, 0.25) is 0 Å². The molecule has 2 aromatic rings. The number of amides is 1. The van der Waals surface area contributed by atoms with Crippen LogP contribution in [0.5, 0.6) is 0 Å². The minimum absolute atomic E-state index is 0.0621. The molecule has 52 heavy (non-hydrogen) atoms. The van der Waals surface area contributed by atoms with Crippen molar-refractivity contribution in [1.82, 2.24) is 15.3 Å². The van der Waals surface area contributed by atoms with Crippen molar-refractivity contribution in [3.8, 4) is 0 Å². The fourth-order valence-corrected chi connectivity index (χ4v) is 7.93. The number of nitrogens with two attached hydrogens (primary N) is 2. The first-order valence-electron chi connectivity index (χ1n) is 17.9. The van der Waals surface area contributed by atoms with Crippen LogP contribution in [-0.4, -0.2) is 78.5 Å². The van der Waals surface area contributed by atoms with Crippen molar-refractivity contribution in [3.05, 3.63) is 68.5 Å². The molecule has 7 N–H and O–H groups in total. The molecule has 8 bridgehead atoms. The van der Waals surface area contributed by atoms with Gasteiger partial charge in [0.15, 0.2) is 5.96 Å². The van der Waals surface area contributed by atoms with Crippen LogP contribution in [0, 0.1) is 25.7 Å². The van der Waals surface area contributed by atoms with Gasteiger partial charge in [-0.25, -0.2) is 0 Å². The number of ether oxygens (including phenoxy) is 2. The van der Waals surface area contributed by atoms with E-state index < -0.39 is 11.9 Å². The number of aromatic nitrogens is 2. The molecule has 3 aliphatic rings. The van der Waals surface area contributed by atoms with Gasteiger partial charge in [0.2, 0.25) is 0 Å². The lowest BCUT2D eigenvalue weighted by atomic mass is 9.79. The topological polar surface area (TPSA) is 202 Å². The highest BCUT2D eigenvalue weighted by Crippen LogP contribution is 2.43. The van der Waals surface area contributed by atoms with Gasteiger partial charge in [-0.2, -0.15) is 0 Å². The second kappa shape index (κ2) is 16.0. The number of rotatable bonds is 11. The van der Waals surface area contributed by atoms with E-state index in [1.807, 2.05) is 13.0 Å². The standard InChI is InChI=1S/C39H52N8O5/c1-9-23-19(3)27-16-29-21(5)25(11-12-33(48)51-7)36(46-29)26(15-34(49)52-8)37-35(38(50)42-13-14-43-39(40)41)22(6)30(47-37)18-32-24(10-2)20(4)28(45-32)17-31(23)44-27/h9,16,21,25-26,28,44,47H,1,10-15,17-18H2,2-8H3,(H,42,50)(H4,40,41,43)/t21-,25-,26?,28?/m0/s1. The first-order chi connectivity index (χ1) is 24.8. The Kier molecular flexibility index (Phi) is 11.7. The van der Waals surface area contributed by atoms with Crippen molar-refractivity contribution in [2.45, 2.75) is 85.1 Å². The van der Waals surface area contributed by atoms with Crippen molar-refractivity contribution in [2.75, 3.05) is 27.3 Å². The smallest absolute Gasteiger partial charge is 0.306 e. The Morgan fingerprint density at radius 3 is 2.48 bits per heavy atom. The van der Waals surface area contributed by atoms with Gasteiger partial charge in [-0.1, -0.05) is 26.5 Å². The van der Waals surface area contributed by atoms with Crippen LogP contribution in [0.15, 0.2) is 38.4 Å². The van der Waals surface area contributed by atoms with Crippen LogP contribution >= 0.6 is 0 Å². The van der Waals surface area contributed by atoms with E-state index in [9.17, 15) is 14.4 Å². The molecule has 4 atom stereocenters. The van der Waals surface area contributed by atoms with E-state index >= 15 is 0 Å². The van der Waals surface area contributed by atoms with Gasteiger partial charge >= 0.3 is 11.9 Å². The van der Waals surface area contributed by atoms with E-state index in [1.54, 1.807) is 0 Å². The van der Waals surface area contributed by atoms with Crippen LogP contribution in [0.25, 0.3) is 12.2 Å². The number of aromatic amines is 2. The average Bonchev–Trinajstić information content (AvgIpc) is 3.80. The number of hydrogen-bond donors (Lipinski definition) is 5. The van der Waals surface area contributed by atoms with Crippen LogP contribution in [0.3, 0.4) is 0 Å². The number of esters is 2. The molecule has 0 spiro atoms. The number of nitrogens with one attached hydrogen (secondary N) is 3. The first kappa shape index (κ1) is 38.0. The number of methoxy groups -OCH3 is 2. The van der Waals surface area contributed by atoms with Gasteiger partial charge < -0.3 is 36.2 Å². The zero-order valence-corrected chi connectivity index (χ0v) is 31.4. The maximum Gasteiger partial charge on any atom is 0.306 e. The summed E-state index contributed by atoms with van der Waals surface area (Å²) in [5.74, 6) is -2.23. The summed E-state index contributed by atoms with van der Waals surface area (Å²) in [6.45, 7) is 14.9. The van der Waals surface area contributed by atoms with Gasteiger partial charge in [0, 0.05) is 83.5 Å². The van der Waals surface area contributed by atoms with Crippen LogP contribution < -0.4 is 16.8 Å². The minimum atomic E-state index is -0.674. The molecular formula is C39H52N8O5. The summed E-state index contributed by atoms with van der Waals surface area (Å²) in [6, 6.07) is -0.0621. The lowest BCUT2D eigenvalue weighted by Crippen LogP contribution is -2.31. The number of aliphatic imine (C=N–C) groups is 3. The zero-order valence-electron chi connectivity index (χ0n) is 31.4. The first-order valence-corrected chi connectivity index (χ1v) is 17.9. The minimum Gasteiger partial charge on any atom is -0.469 e. The Balaban J connectivity index is 1.77. The van der Waals surface area contributed by atoms with Crippen LogP contribution in [0.4, 0.5) is 0 Å². The molecule has 3 aliphatic heterocycles. The summed E-state index contributed by atoms with van der Waals surface area (Å²) in [5, 5.41) is 2.96. The zero-order chi connectivity index (χ0) is 37.9. The van der Waals surface area contributed by atoms with Crippen LogP contribution in [0.1, 0.15) is 102 Å². The van der Waals surface area contributed by atoms with Crippen molar-refractivity contribution in [1.29, 1.82) is 0 Å². The Labute approximate surface area is 305 Å².